The van der Waals surface area contributed by atoms with Crippen molar-refractivity contribution in [3.63, 3.8) is 0 Å². The summed E-state index contributed by atoms with van der Waals surface area (Å²) in [6.07, 6.45) is 0. The number of nitrogens with zero attached hydrogens (tertiary/aromatic N) is 1. The number of pyridine rings is 1. The highest BCUT2D eigenvalue weighted by Crippen LogP contribution is 2.19. The largest absolute Gasteiger partial charge is 0.384 e. The van der Waals surface area contributed by atoms with Gasteiger partial charge in [-0.1, -0.05) is 25.1 Å². The molecule has 1 heterocycles. The first-order chi connectivity index (χ1) is 8.70. The summed E-state index contributed by atoms with van der Waals surface area (Å²) in [5, 5.41) is 4.58. The van der Waals surface area contributed by atoms with Crippen LogP contribution in [0.5, 0.6) is 0 Å². The predicted octanol–water partition coefficient (Wildman–Crippen LogP) is 3.24. The molecule has 0 aliphatic carbocycles. The molecule has 0 aliphatic rings. The Morgan fingerprint density at radius 2 is 2.11 bits per heavy atom. The van der Waals surface area contributed by atoms with Crippen LogP contribution in [-0.4, -0.2) is 25.2 Å². The molecule has 0 amide bonds. The lowest BCUT2D eigenvalue weighted by Gasteiger charge is -2.14. The maximum Gasteiger partial charge on any atom is 0.129 e. The van der Waals surface area contributed by atoms with Crippen molar-refractivity contribution < 1.29 is 4.74 Å². The molecule has 0 bridgehead atoms. The predicted molar refractivity (Wildman–Crippen MR) is 76.0 cm³/mol. The van der Waals surface area contributed by atoms with E-state index in [0.717, 1.165) is 24.5 Å². The quantitative estimate of drug-likeness (QED) is 0.876. The lowest BCUT2D eigenvalue weighted by molar-refractivity contribution is 0.164. The molecular weight excluding hydrogens is 224 g/mol. The zero-order valence-electron chi connectivity index (χ0n) is 11.2. The molecule has 0 radical (unpaired) electrons. The normalized spacial score (nSPS) is 12.6. The number of para-hydroxylation sites is 1. The summed E-state index contributed by atoms with van der Waals surface area (Å²) in [7, 11) is 1.73. The maximum absolute atomic E-state index is 5.13. The number of anilines is 1. The zero-order valence-corrected chi connectivity index (χ0v) is 11.2. The molecule has 0 saturated carbocycles. The molecule has 3 nitrogen and oxygen atoms in total. The van der Waals surface area contributed by atoms with Gasteiger partial charge in [0.05, 0.1) is 12.1 Å². The second-order valence-corrected chi connectivity index (χ2v) is 4.79. The second-order valence-electron chi connectivity index (χ2n) is 4.79. The average Bonchev–Trinajstić information content (AvgIpc) is 2.36. The van der Waals surface area contributed by atoms with E-state index >= 15 is 0 Å². The Morgan fingerprint density at radius 3 is 2.89 bits per heavy atom. The smallest absolute Gasteiger partial charge is 0.129 e. The minimum absolute atomic E-state index is 0.475. The third kappa shape index (κ3) is 2.99. The van der Waals surface area contributed by atoms with E-state index in [1.807, 2.05) is 18.2 Å². The monoisotopic (exact) mass is 244 g/mol. The van der Waals surface area contributed by atoms with Gasteiger partial charge < -0.3 is 10.1 Å². The molecule has 1 aromatic carbocycles. The van der Waals surface area contributed by atoms with Gasteiger partial charge in [-0.2, -0.15) is 0 Å². The standard InChI is InChI=1S/C15H20N2O/c1-11(10-18-3)9-16-15-12(2)8-13-6-4-5-7-14(13)17-15/h4-8,11H,9-10H2,1-3H3,(H,16,17). The Kier molecular flexibility index (Phi) is 4.15. The van der Waals surface area contributed by atoms with Gasteiger partial charge in [0, 0.05) is 19.0 Å². The summed E-state index contributed by atoms with van der Waals surface area (Å²) in [6, 6.07) is 10.4. The number of benzene rings is 1. The Balaban J connectivity index is 2.15. The van der Waals surface area contributed by atoms with Crippen LogP contribution in [0.4, 0.5) is 5.82 Å². The van der Waals surface area contributed by atoms with Gasteiger partial charge in [-0.15, -0.1) is 0 Å². The third-order valence-electron chi connectivity index (χ3n) is 2.98. The average molecular weight is 244 g/mol. The van der Waals surface area contributed by atoms with Gasteiger partial charge in [-0.25, -0.2) is 4.98 Å². The number of hydrogen-bond acceptors (Lipinski definition) is 3. The zero-order chi connectivity index (χ0) is 13.0. The Labute approximate surface area is 108 Å². The SMILES string of the molecule is COCC(C)CNc1nc2ccccc2cc1C. The third-order valence-corrected chi connectivity index (χ3v) is 2.98. The number of ether oxygens (including phenoxy) is 1. The van der Waals surface area contributed by atoms with Crippen LogP contribution in [0.3, 0.4) is 0 Å². The highest BCUT2D eigenvalue weighted by Gasteiger charge is 2.05. The van der Waals surface area contributed by atoms with E-state index in [4.69, 9.17) is 4.74 Å². The minimum Gasteiger partial charge on any atom is -0.384 e. The van der Waals surface area contributed by atoms with Crippen LogP contribution in [0.1, 0.15) is 12.5 Å². The Bertz CT molecular complexity index is 525. The minimum atomic E-state index is 0.475. The number of methoxy groups -OCH3 is 1. The molecule has 18 heavy (non-hydrogen) atoms. The first kappa shape index (κ1) is 12.8. The van der Waals surface area contributed by atoms with Crippen LogP contribution in [0, 0.1) is 12.8 Å². The maximum atomic E-state index is 5.13. The summed E-state index contributed by atoms with van der Waals surface area (Å²) in [5.74, 6) is 1.44. The van der Waals surface area contributed by atoms with Crippen molar-refractivity contribution >= 4 is 16.7 Å². The van der Waals surface area contributed by atoms with Crippen molar-refractivity contribution in [1.29, 1.82) is 0 Å². The Hall–Kier alpha value is -1.61. The van der Waals surface area contributed by atoms with Gasteiger partial charge in [-0.05, 0) is 30.5 Å². The van der Waals surface area contributed by atoms with E-state index in [2.05, 4.69) is 36.3 Å². The molecule has 3 heteroatoms. The van der Waals surface area contributed by atoms with Crippen LogP contribution in [-0.2, 0) is 4.74 Å². The molecule has 96 valence electrons. The van der Waals surface area contributed by atoms with Crippen molar-refractivity contribution in [1.82, 2.24) is 4.98 Å². The number of hydrogen-bond donors (Lipinski definition) is 1. The van der Waals surface area contributed by atoms with E-state index < -0.39 is 0 Å². The van der Waals surface area contributed by atoms with Crippen LogP contribution in [0.2, 0.25) is 0 Å². The summed E-state index contributed by atoms with van der Waals surface area (Å²) in [4.78, 5) is 4.65. The molecule has 2 rings (SSSR count). The summed E-state index contributed by atoms with van der Waals surface area (Å²) < 4.78 is 5.13. The van der Waals surface area contributed by atoms with Gasteiger partial charge in [0.15, 0.2) is 0 Å². The molecule has 0 fully saturated rings. The van der Waals surface area contributed by atoms with E-state index in [9.17, 15) is 0 Å². The van der Waals surface area contributed by atoms with Crippen molar-refractivity contribution in [2.45, 2.75) is 13.8 Å². The first-order valence-corrected chi connectivity index (χ1v) is 6.30. The van der Waals surface area contributed by atoms with E-state index in [1.54, 1.807) is 7.11 Å². The van der Waals surface area contributed by atoms with E-state index in [1.165, 1.54) is 10.9 Å². The van der Waals surface area contributed by atoms with Gasteiger partial charge in [0.1, 0.15) is 5.82 Å². The summed E-state index contributed by atoms with van der Waals surface area (Å²) >= 11 is 0. The van der Waals surface area contributed by atoms with Gasteiger partial charge in [-0.3, -0.25) is 0 Å². The summed E-state index contributed by atoms with van der Waals surface area (Å²) in [6.45, 7) is 5.88. The molecular formula is C15H20N2O. The Morgan fingerprint density at radius 1 is 1.33 bits per heavy atom. The first-order valence-electron chi connectivity index (χ1n) is 6.30. The van der Waals surface area contributed by atoms with Crippen molar-refractivity contribution in [3.8, 4) is 0 Å². The fourth-order valence-corrected chi connectivity index (χ4v) is 2.01. The van der Waals surface area contributed by atoms with Crippen molar-refractivity contribution in [2.24, 2.45) is 5.92 Å². The lowest BCUT2D eigenvalue weighted by Crippen LogP contribution is -2.17. The summed E-state index contributed by atoms with van der Waals surface area (Å²) in [5.41, 5.74) is 2.21. The van der Waals surface area contributed by atoms with Crippen LogP contribution >= 0.6 is 0 Å². The van der Waals surface area contributed by atoms with Gasteiger partial charge in [0.25, 0.3) is 0 Å². The van der Waals surface area contributed by atoms with Gasteiger partial charge in [0.2, 0.25) is 0 Å². The molecule has 2 aromatic rings. The number of aromatic nitrogens is 1. The highest BCUT2D eigenvalue weighted by molar-refractivity contribution is 5.81. The fourth-order valence-electron chi connectivity index (χ4n) is 2.01. The number of fused-ring (bicyclic) bond motifs is 1. The topological polar surface area (TPSA) is 34.1 Å². The lowest BCUT2D eigenvalue weighted by atomic mass is 10.1. The second kappa shape index (κ2) is 5.83. The van der Waals surface area contributed by atoms with Crippen molar-refractivity contribution in [3.05, 3.63) is 35.9 Å². The highest BCUT2D eigenvalue weighted by atomic mass is 16.5. The van der Waals surface area contributed by atoms with Crippen molar-refractivity contribution in [2.75, 3.05) is 25.6 Å². The van der Waals surface area contributed by atoms with Crippen LogP contribution in [0.15, 0.2) is 30.3 Å². The number of nitrogens with one attached hydrogen (secondary N) is 1. The number of rotatable bonds is 5. The number of aryl methyl sites for hydroxylation is 1. The molecule has 1 aromatic heterocycles. The van der Waals surface area contributed by atoms with Crippen LogP contribution in [0.25, 0.3) is 10.9 Å². The molecule has 0 aliphatic heterocycles. The van der Waals surface area contributed by atoms with Crippen LogP contribution < -0.4 is 5.32 Å². The van der Waals surface area contributed by atoms with E-state index in [0.29, 0.717) is 5.92 Å². The fraction of sp³-hybridized carbons (Fsp3) is 0.400. The molecule has 0 saturated heterocycles. The molecule has 1 atom stereocenters. The van der Waals surface area contributed by atoms with E-state index in [-0.39, 0.29) is 0 Å². The van der Waals surface area contributed by atoms with Gasteiger partial charge >= 0.3 is 0 Å². The molecule has 0 spiro atoms. The molecule has 1 unspecified atom stereocenters. The molecule has 1 N–H and O–H groups in total.